The van der Waals surface area contributed by atoms with Crippen LogP contribution in [-0.2, 0) is 16.1 Å². The first-order chi connectivity index (χ1) is 10.7. The number of rotatable bonds is 4. The molecule has 0 aromatic heterocycles. The molecule has 2 bridgehead atoms. The third kappa shape index (κ3) is 3.65. The summed E-state index contributed by atoms with van der Waals surface area (Å²) in [5, 5.41) is 5.95. The minimum Gasteiger partial charge on any atom is -0.354 e. The highest BCUT2D eigenvalue weighted by atomic mass is 16.2. The van der Waals surface area contributed by atoms with Crippen LogP contribution in [0.5, 0.6) is 0 Å². The van der Waals surface area contributed by atoms with E-state index < -0.39 is 0 Å². The average Bonchev–Trinajstić information content (AvgIpc) is 2.61. The number of nitrogens with one attached hydrogen (secondary N) is 2. The Bertz CT molecular complexity index is 532. The maximum Gasteiger partial charge on any atom is 0.234 e. The van der Waals surface area contributed by atoms with E-state index in [1.54, 1.807) is 0 Å². The van der Waals surface area contributed by atoms with Gasteiger partial charge in [-0.3, -0.25) is 14.5 Å². The summed E-state index contributed by atoms with van der Waals surface area (Å²) < 4.78 is 0. The Hall–Kier alpha value is -1.88. The predicted molar refractivity (Wildman–Crippen MR) is 84.0 cm³/mol. The molecule has 0 aliphatic carbocycles. The van der Waals surface area contributed by atoms with Gasteiger partial charge in [-0.25, -0.2) is 0 Å². The molecule has 0 radical (unpaired) electrons. The number of benzene rings is 1. The van der Waals surface area contributed by atoms with Crippen molar-refractivity contribution in [2.24, 2.45) is 0 Å². The fourth-order valence-corrected chi connectivity index (χ4v) is 3.45. The normalized spacial score (nSPS) is 25.2. The minimum absolute atomic E-state index is 0.0371. The first-order valence-electron chi connectivity index (χ1n) is 8.05. The van der Waals surface area contributed by atoms with Gasteiger partial charge in [0, 0.05) is 31.6 Å². The van der Waals surface area contributed by atoms with Crippen LogP contribution >= 0.6 is 0 Å². The Labute approximate surface area is 131 Å². The van der Waals surface area contributed by atoms with Crippen LogP contribution < -0.4 is 10.6 Å². The van der Waals surface area contributed by atoms with Crippen molar-refractivity contribution in [1.29, 1.82) is 0 Å². The van der Waals surface area contributed by atoms with Crippen molar-refractivity contribution in [3.63, 3.8) is 0 Å². The monoisotopic (exact) mass is 301 g/mol. The number of hydrogen-bond acceptors (Lipinski definition) is 3. The predicted octanol–water partition coefficient (Wildman–Crippen LogP) is 1.05. The van der Waals surface area contributed by atoms with Crippen LogP contribution in [0.3, 0.4) is 0 Å². The number of amides is 2. The molecule has 22 heavy (non-hydrogen) atoms. The van der Waals surface area contributed by atoms with E-state index in [1.165, 1.54) is 0 Å². The number of nitrogens with zero attached hydrogens (tertiary/aromatic N) is 1. The molecule has 1 aromatic rings. The average molecular weight is 301 g/mol. The van der Waals surface area contributed by atoms with Gasteiger partial charge in [-0.15, -0.1) is 0 Å². The third-order valence-corrected chi connectivity index (χ3v) is 4.63. The van der Waals surface area contributed by atoms with Crippen molar-refractivity contribution < 1.29 is 9.59 Å². The maximum atomic E-state index is 12.3. The smallest absolute Gasteiger partial charge is 0.234 e. The third-order valence-electron chi connectivity index (χ3n) is 4.63. The van der Waals surface area contributed by atoms with Crippen LogP contribution in [0.25, 0.3) is 0 Å². The van der Waals surface area contributed by atoms with E-state index in [9.17, 15) is 9.59 Å². The second-order valence-electron chi connectivity index (χ2n) is 6.18. The summed E-state index contributed by atoms with van der Waals surface area (Å²) in [6.07, 6.45) is 3.73. The molecule has 2 atom stereocenters. The molecule has 0 unspecified atom stereocenters. The Morgan fingerprint density at radius 2 is 2.00 bits per heavy atom. The Morgan fingerprint density at radius 1 is 1.23 bits per heavy atom. The lowest BCUT2D eigenvalue weighted by atomic mass is 9.94. The second-order valence-corrected chi connectivity index (χ2v) is 6.18. The Balaban J connectivity index is 1.57. The summed E-state index contributed by atoms with van der Waals surface area (Å²) in [6.45, 7) is 1.61. The first-order valence-corrected chi connectivity index (χ1v) is 8.05. The Morgan fingerprint density at radius 3 is 2.82 bits per heavy atom. The molecule has 0 spiro atoms. The molecule has 2 aliphatic heterocycles. The first kappa shape index (κ1) is 15.0. The molecule has 2 N–H and O–H groups in total. The summed E-state index contributed by atoms with van der Waals surface area (Å²) in [4.78, 5) is 26.2. The zero-order chi connectivity index (χ0) is 15.4. The molecule has 2 heterocycles. The zero-order valence-corrected chi connectivity index (χ0v) is 12.8. The molecule has 2 saturated heterocycles. The van der Waals surface area contributed by atoms with Gasteiger partial charge in [0.25, 0.3) is 0 Å². The van der Waals surface area contributed by atoms with Crippen molar-refractivity contribution in [1.82, 2.24) is 15.5 Å². The van der Waals surface area contributed by atoms with E-state index in [0.29, 0.717) is 32.1 Å². The van der Waals surface area contributed by atoms with Crippen LogP contribution in [0, 0.1) is 0 Å². The highest BCUT2D eigenvalue weighted by Gasteiger charge is 2.35. The van der Waals surface area contributed by atoms with Gasteiger partial charge in [-0.1, -0.05) is 36.8 Å². The summed E-state index contributed by atoms with van der Waals surface area (Å²) in [6, 6.07) is 10.4. The van der Waals surface area contributed by atoms with E-state index in [-0.39, 0.29) is 17.9 Å². The number of fused-ring (bicyclic) bond motifs is 2. The van der Waals surface area contributed by atoms with E-state index in [2.05, 4.69) is 15.5 Å². The fourth-order valence-electron chi connectivity index (χ4n) is 3.45. The molecule has 5 heteroatoms. The number of carbonyl (C=O) groups is 2. The fraction of sp³-hybridized carbons (Fsp3) is 0.529. The summed E-state index contributed by atoms with van der Waals surface area (Å²) >= 11 is 0. The summed E-state index contributed by atoms with van der Waals surface area (Å²) in [5.41, 5.74) is 1.10. The summed E-state index contributed by atoms with van der Waals surface area (Å²) in [7, 11) is 0. The van der Waals surface area contributed by atoms with Crippen LogP contribution in [-0.4, -0.2) is 41.9 Å². The van der Waals surface area contributed by atoms with Crippen molar-refractivity contribution in [2.75, 3.05) is 13.1 Å². The number of piperidine rings is 1. The molecule has 2 aliphatic rings. The molecule has 3 rings (SSSR count). The van der Waals surface area contributed by atoms with Crippen molar-refractivity contribution in [3.05, 3.63) is 35.9 Å². The van der Waals surface area contributed by atoms with Crippen LogP contribution in [0.1, 0.15) is 31.2 Å². The van der Waals surface area contributed by atoms with Gasteiger partial charge in [0.05, 0.1) is 6.54 Å². The minimum atomic E-state index is 0.0371. The molecule has 0 saturated carbocycles. The van der Waals surface area contributed by atoms with Gasteiger partial charge in [0.1, 0.15) is 0 Å². The lowest BCUT2D eigenvalue weighted by Crippen LogP contribution is -2.51. The number of carbonyl (C=O) groups excluding carboxylic acids is 2. The molecular formula is C17H23N3O2. The van der Waals surface area contributed by atoms with E-state index in [1.807, 2.05) is 30.3 Å². The standard InChI is InChI=1S/C17H23N3O2/c21-16-9-14-7-4-8-15(11-19-16)20(14)12-17(22)18-10-13-5-2-1-3-6-13/h1-3,5-6,14-15H,4,7-12H2,(H,18,22)(H,19,21)/t14-,15+/m0/s1. The van der Waals surface area contributed by atoms with Gasteiger partial charge >= 0.3 is 0 Å². The summed E-state index contributed by atoms with van der Waals surface area (Å²) in [5.74, 6) is 0.152. The molecular weight excluding hydrogens is 278 g/mol. The molecule has 1 aromatic carbocycles. The van der Waals surface area contributed by atoms with Gasteiger partial charge in [-0.2, -0.15) is 0 Å². The van der Waals surface area contributed by atoms with Crippen molar-refractivity contribution >= 4 is 11.8 Å². The maximum absolute atomic E-state index is 12.3. The Kier molecular flexibility index (Phi) is 4.73. The van der Waals surface area contributed by atoms with Gasteiger partial charge in [0.2, 0.25) is 11.8 Å². The highest BCUT2D eigenvalue weighted by Crippen LogP contribution is 2.26. The zero-order valence-electron chi connectivity index (χ0n) is 12.8. The van der Waals surface area contributed by atoms with Gasteiger partial charge < -0.3 is 10.6 Å². The molecule has 2 fully saturated rings. The van der Waals surface area contributed by atoms with E-state index in [0.717, 1.165) is 24.8 Å². The quantitative estimate of drug-likeness (QED) is 0.874. The van der Waals surface area contributed by atoms with Crippen LogP contribution in [0.2, 0.25) is 0 Å². The molecule has 118 valence electrons. The van der Waals surface area contributed by atoms with E-state index >= 15 is 0 Å². The highest BCUT2D eigenvalue weighted by molar-refractivity contribution is 5.79. The van der Waals surface area contributed by atoms with Crippen molar-refractivity contribution in [3.8, 4) is 0 Å². The van der Waals surface area contributed by atoms with Gasteiger partial charge in [0.15, 0.2) is 0 Å². The molecule has 2 amide bonds. The lowest BCUT2D eigenvalue weighted by molar-refractivity contribution is -0.125. The van der Waals surface area contributed by atoms with Crippen LogP contribution in [0.4, 0.5) is 0 Å². The largest absolute Gasteiger partial charge is 0.354 e. The molecule has 5 nitrogen and oxygen atoms in total. The van der Waals surface area contributed by atoms with E-state index in [4.69, 9.17) is 0 Å². The van der Waals surface area contributed by atoms with Crippen LogP contribution in [0.15, 0.2) is 30.3 Å². The second kappa shape index (κ2) is 6.92. The SMILES string of the molecule is O=C1C[C@@H]2CCC[C@H](CN1)N2CC(=O)NCc1ccccc1. The topological polar surface area (TPSA) is 61.4 Å². The van der Waals surface area contributed by atoms with Crippen molar-refractivity contribution in [2.45, 2.75) is 44.3 Å². The van der Waals surface area contributed by atoms with Gasteiger partial charge in [-0.05, 0) is 18.4 Å². The number of hydrogen-bond donors (Lipinski definition) is 2. The lowest BCUT2D eigenvalue weighted by Gasteiger charge is -2.39.